The van der Waals surface area contributed by atoms with E-state index in [1.165, 1.54) is 17.1 Å². The van der Waals surface area contributed by atoms with E-state index in [-0.39, 0.29) is 5.82 Å². The van der Waals surface area contributed by atoms with Gasteiger partial charge in [-0.25, -0.2) is 9.37 Å². The summed E-state index contributed by atoms with van der Waals surface area (Å²) in [5, 5.41) is 0.833. The van der Waals surface area contributed by atoms with Crippen LogP contribution in [0.3, 0.4) is 0 Å². The smallest absolute Gasteiger partial charge is 0.142 e. The van der Waals surface area contributed by atoms with Gasteiger partial charge in [0.2, 0.25) is 0 Å². The van der Waals surface area contributed by atoms with Crippen molar-refractivity contribution in [1.82, 2.24) is 9.97 Å². The van der Waals surface area contributed by atoms with Gasteiger partial charge in [0.15, 0.2) is 0 Å². The van der Waals surface area contributed by atoms with Gasteiger partial charge in [0, 0.05) is 22.8 Å². The average Bonchev–Trinajstić information content (AvgIpc) is 2.77. The third kappa shape index (κ3) is 2.69. The molecule has 2 aromatic rings. The minimum Gasteiger partial charge on any atom is -0.261 e. The number of thiazole rings is 1. The topological polar surface area (TPSA) is 25.8 Å². The summed E-state index contributed by atoms with van der Waals surface area (Å²) >= 11 is 1.61. The molecule has 0 aliphatic rings. The third-order valence-electron chi connectivity index (χ3n) is 2.92. The number of hydrogen-bond donors (Lipinski definition) is 0. The number of pyridine rings is 1. The quantitative estimate of drug-likeness (QED) is 0.819. The van der Waals surface area contributed by atoms with Gasteiger partial charge in [-0.1, -0.05) is 20.8 Å². The normalized spacial score (nSPS) is 13.0. The molecule has 4 heteroatoms. The Bertz CT molecular complexity index is 508. The first-order valence-corrected chi connectivity index (χ1v) is 6.46. The van der Waals surface area contributed by atoms with Crippen LogP contribution in [-0.4, -0.2) is 9.97 Å². The number of aromatic nitrogens is 2. The van der Waals surface area contributed by atoms with Crippen LogP contribution in [-0.2, 0) is 0 Å². The summed E-state index contributed by atoms with van der Waals surface area (Å²) in [7, 11) is 0. The molecule has 2 aromatic heterocycles. The van der Waals surface area contributed by atoms with Crippen molar-refractivity contribution in [2.24, 2.45) is 5.92 Å². The second kappa shape index (κ2) is 4.92. The highest BCUT2D eigenvalue weighted by Gasteiger charge is 2.14. The second-order valence-corrected chi connectivity index (χ2v) is 5.55. The van der Waals surface area contributed by atoms with Crippen molar-refractivity contribution >= 4 is 11.3 Å². The third-order valence-corrected chi connectivity index (χ3v) is 4.17. The van der Waals surface area contributed by atoms with Crippen molar-refractivity contribution in [3.63, 3.8) is 0 Å². The summed E-state index contributed by atoms with van der Waals surface area (Å²) in [6, 6.07) is 1.47. The monoisotopic (exact) mass is 250 g/mol. The second-order valence-electron chi connectivity index (χ2n) is 4.49. The number of nitrogens with zero attached hydrogens (tertiary/aromatic N) is 2. The van der Waals surface area contributed by atoms with Crippen LogP contribution in [0.4, 0.5) is 4.39 Å². The predicted molar refractivity (Wildman–Crippen MR) is 68.6 cm³/mol. The van der Waals surface area contributed by atoms with Gasteiger partial charge in [0.25, 0.3) is 0 Å². The Labute approximate surface area is 105 Å². The maximum atomic E-state index is 13.1. The lowest BCUT2D eigenvalue weighted by molar-refractivity contribution is 0.541. The van der Waals surface area contributed by atoms with Gasteiger partial charge in [-0.2, -0.15) is 0 Å². The molecule has 2 rings (SSSR count). The van der Waals surface area contributed by atoms with Crippen LogP contribution >= 0.6 is 11.3 Å². The Hall–Kier alpha value is -1.29. The van der Waals surface area contributed by atoms with E-state index in [4.69, 9.17) is 0 Å². The molecule has 90 valence electrons. The van der Waals surface area contributed by atoms with Crippen molar-refractivity contribution in [3.8, 4) is 10.6 Å². The summed E-state index contributed by atoms with van der Waals surface area (Å²) in [4.78, 5) is 9.42. The maximum absolute atomic E-state index is 13.1. The van der Waals surface area contributed by atoms with Crippen molar-refractivity contribution < 1.29 is 4.39 Å². The fraction of sp³-hybridized carbons (Fsp3) is 0.385. The van der Waals surface area contributed by atoms with Crippen LogP contribution in [0.2, 0.25) is 0 Å². The van der Waals surface area contributed by atoms with Crippen molar-refractivity contribution in [1.29, 1.82) is 0 Å². The lowest BCUT2D eigenvalue weighted by atomic mass is 9.97. The SMILES string of the molecule is CC(C)C(C)c1cnc(-c2cncc(F)c2)s1. The molecule has 0 aromatic carbocycles. The standard InChI is InChI=1S/C13H15FN2S/c1-8(2)9(3)12-7-16-13(17-12)10-4-11(14)6-15-5-10/h4-9H,1-3H3. The van der Waals surface area contributed by atoms with Gasteiger partial charge in [-0.05, 0) is 17.9 Å². The van der Waals surface area contributed by atoms with Crippen molar-refractivity contribution in [2.45, 2.75) is 26.7 Å². The molecule has 0 saturated heterocycles. The predicted octanol–water partition coefficient (Wildman–Crippen LogP) is 4.10. The Balaban J connectivity index is 2.30. The largest absolute Gasteiger partial charge is 0.261 e. The molecular formula is C13H15FN2S. The van der Waals surface area contributed by atoms with Gasteiger partial charge in [-0.3, -0.25) is 4.98 Å². The van der Waals surface area contributed by atoms with E-state index in [2.05, 4.69) is 30.7 Å². The van der Waals surface area contributed by atoms with Gasteiger partial charge < -0.3 is 0 Å². The molecule has 0 spiro atoms. The lowest BCUT2D eigenvalue weighted by Crippen LogP contribution is -1.98. The number of rotatable bonds is 3. The fourth-order valence-corrected chi connectivity index (χ4v) is 2.61. The van der Waals surface area contributed by atoms with Crippen LogP contribution in [0.5, 0.6) is 0 Å². The molecule has 0 amide bonds. The molecule has 0 saturated carbocycles. The average molecular weight is 250 g/mol. The van der Waals surface area contributed by atoms with E-state index in [9.17, 15) is 4.39 Å². The first-order chi connectivity index (χ1) is 8.08. The highest BCUT2D eigenvalue weighted by atomic mass is 32.1. The van der Waals surface area contributed by atoms with Crippen LogP contribution < -0.4 is 0 Å². The maximum Gasteiger partial charge on any atom is 0.142 e. The summed E-state index contributed by atoms with van der Waals surface area (Å²) in [5.74, 6) is 0.730. The van der Waals surface area contributed by atoms with Crippen molar-refractivity contribution in [3.05, 3.63) is 35.4 Å². The minimum atomic E-state index is -0.323. The number of hydrogen-bond acceptors (Lipinski definition) is 3. The molecule has 0 fully saturated rings. The molecular weight excluding hydrogens is 235 g/mol. The van der Waals surface area contributed by atoms with Gasteiger partial charge in [0.05, 0.1) is 6.20 Å². The molecule has 0 aliphatic heterocycles. The summed E-state index contributed by atoms with van der Waals surface area (Å²) in [5.41, 5.74) is 0.747. The van der Waals surface area contributed by atoms with E-state index < -0.39 is 0 Å². The van der Waals surface area contributed by atoms with Crippen molar-refractivity contribution in [2.75, 3.05) is 0 Å². The van der Waals surface area contributed by atoms with Gasteiger partial charge in [0.1, 0.15) is 10.8 Å². The molecule has 1 unspecified atom stereocenters. The van der Waals surface area contributed by atoms with E-state index in [0.717, 1.165) is 10.6 Å². The van der Waals surface area contributed by atoms with E-state index in [1.807, 2.05) is 6.20 Å². The highest BCUT2D eigenvalue weighted by Crippen LogP contribution is 2.32. The van der Waals surface area contributed by atoms with Crippen LogP contribution in [0, 0.1) is 11.7 Å². The molecule has 0 aliphatic carbocycles. The summed E-state index contributed by atoms with van der Waals surface area (Å²) in [6.07, 6.45) is 4.73. The zero-order valence-corrected chi connectivity index (χ0v) is 11.0. The minimum absolute atomic E-state index is 0.323. The zero-order valence-electron chi connectivity index (χ0n) is 10.1. The molecule has 0 radical (unpaired) electrons. The summed E-state index contributed by atoms with van der Waals surface area (Å²) < 4.78 is 13.1. The van der Waals surface area contributed by atoms with Crippen LogP contribution in [0.25, 0.3) is 10.6 Å². The van der Waals surface area contributed by atoms with E-state index >= 15 is 0 Å². The number of halogens is 1. The molecule has 2 heterocycles. The van der Waals surface area contributed by atoms with Crippen LogP contribution in [0.15, 0.2) is 24.7 Å². The summed E-state index contributed by atoms with van der Waals surface area (Å²) in [6.45, 7) is 6.56. The van der Waals surface area contributed by atoms with Gasteiger partial charge in [-0.15, -0.1) is 11.3 Å². The Morgan fingerprint density at radius 3 is 2.59 bits per heavy atom. The molecule has 0 N–H and O–H groups in total. The molecule has 2 nitrogen and oxygen atoms in total. The molecule has 1 atom stereocenters. The Morgan fingerprint density at radius 1 is 1.18 bits per heavy atom. The molecule has 0 bridgehead atoms. The van der Waals surface area contributed by atoms with Crippen LogP contribution in [0.1, 0.15) is 31.6 Å². The highest BCUT2D eigenvalue weighted by molar-refractivity contribution is 7.15. The fourth-order valence-electron chi connectivity index (χ4n) is 1.49. The van der Waals surface area contributed by atoms with E-state index in [1.54, 1.807) is 17.5 Å². The Morgan fingerprint density at radius 2 is 1.94 bits per heavy atom. The Kier molecular flexibility index (Phi) is 3.52. The first-order valence-electron chi connectivity index (χ1n) is 5.64. The lowest BCUT2D eigenvalue weighted by Gasteiger charge is -2.11. The van der Waals surface area contributed by atoms with Gasteiger partial charge >= 0.3 is 0 Å². The first kappa shape index (κ1) is 12.2. The zero-order chi connectivity index (χ0) is 12.4. The molecule has 17 heavy (non-hydrogen) atoms. The van der Waals surface area contributed by atoms with E-state index in [0.29, 0.717) is 11.8 Å².